The molecule has 0 saturated carbocycles. The molecule has 2 rings (SSSR count). The number of ketones is 1. The van der Waals surface area contributed by atoms with Crippen molar-refractivity contribution in [3.63, 3.8) is 0 Å². The molecular weight excluding hydrogens is 314 g/mol. The van der Waals surface area contributed by atoms with Crippen molar-refractivity contribution in [2.45, 2.75) is 26.9 Å². The summed E-state index contributed by atoms with van der Waals surface area (Å²) in [6.07, 6.45) is -0.969. The molecule has 0 aliphatic heterocycles. The Morgan fingerprint density at radius 3 is 2.48 bits per heavy atom. The minimum absolute atomic E-state index is 0.153. The number of anilines is 1. The number of para-hydroxylation sites is 1. The van der Waals surface area contributed by atoms with Crippen LogP contribution in [0.3, 0.4) is 0 Å². The van der Waals surface area contributed by atoms with Gasteiger partial charge in [0.1, 0.15) is 4.88 Å². The van der Waals surface area contributed by atoms with Crippen molar-refractivity contribution >= 4 is 34.7 Å². The molecule has 0 spiro atoms. The Morgan fingerprint density at radius 2 is 1.87 bits per heavy atom. The molecule has 1 N–H and O–H groups in total. The summed E-state index contributed by atoms with van der Waals surface area (Å²) in [5, 5.41) is 4.41. The summed E-state index contributed by atoms with van der Waals surface area (Å²) < 4.78 is 5.18. The van der Waals surface area contributed by atoms with Crippen molar-refractivity contribution in [2.24, 2.45) is 0 Å². The van der Waals surface area contributed by atoms with Gasteiger partial charge in [0.15, 0.2) is 11.9 Å². The van der Waals surface area contributed by atoms with Gasteiger partial charge in [-0.25, -0.2) is 4.79 Å². The van der Waals surface area contributed by atoms with Crippen molar-refractivity contribution in [1.82, 2.24) is 0 Å². The molecule has 0 unspecified atom stereocenters. The monoisotopic (exact) mass is 331 g/mol. The number of aryl methyl sites for hydroxylation is 1. The van der Waals surface area contributed by atoms with Gasteiger partial charge in [0.05, 0.1) is 5.69 Å². The van der Waals surface area contributed by atoms with E-state index >= 15 is 0 Å². The van der Waals surface area contributed by atoms with Crippen LogP contribution >= 0.6 is 11.3 Å². The maximum Gasteiger partial charge on any atom is 0.349 e. The minimum Gasteiger partial charge on any atom is -0.448 e. The second-order valence-corrected chi connectivity index (χ2v) is 5.99. The molecule has 0 bridgehead atoms. The molecule has 0 radical (unpaired) electrons. The molecule has 1 aromatic heterocycles. The first-order valence-electron chi connectivity index (χ1n) is 7.06. The molecule has 120 valence electrons. The highest BCUT2D eigenvalue weighted by molar-refractivity contribution is 7.12. The summed E-state index contributed by atoms with van der Waals surface area (Å²) in [5.41, 5.74) is 1.63. The highest BCUT2D eigenvalue weighted by atomic mass is 32.1. The van der Waals surface area contributed by atoms with Crippen molar-refractivity contribution in [3.05, 3.63) is 51.7 Å². The average Bonchev–Trinajstić information content (AvgIpc) is 2.93. The number of benzene rings is 1. The topological polar surface area (TPSA) is 72.5 Å². The number of hydrogen-bond acceptors (Lipinski definition) is 5. The van der Waals surface area contributed by atoms with Gasteiger partial charge in [-0.15, -0.1) is 11.3 Å². The first-order valence-corrected chi connectivity index (χ1v) is 7.94. The van der Waals surface area contributed by atoms with Crippen LogP contribution in [0.25, 0.3) is 0 Å². The molecule has 23 heavy (non-hydrogen) atoms. The largest absolute Gasteiger partial charge is 0.448 e. The Hall–Kier alpha value is -2.47. The molecule has 0 saturated heterocycles. The van der Waals surface area contributed by atoms with Crippen LogP contribution in [-0.2, 0) is 9.53 Å². The normalized spacial score (nSPS) is 11.6. The lowest BCUT2D eigenvalue weighted by Crippen LogP contribution is -2.30. The second kappa shape index (κ2) is 7.19. The van der Waals surface area contributed by atoms with E-state index in [-0.39, 0.29) is 5.78 Å². The maximum absolute atomic E-state index is 12.2. The molecule has 0 aliphatic rings. The molecule has 1 heterocycles. The van der Waals surface area contributed by atoms with E-state index in [0.29, 0.717) is 16.1 Å². The highest BCUT2D eigenvalue weighted by Crippen LogP contribution is 2.19. The highest BCUT2D eigenvalue weighted by Gasteiger charge is 2.21. The number of amides is 1. The van der Waals surface area contributed by atoms with Crippen LogP contribution in [-0.4, -0.2) is 23.8 Å². The van der Waals surface area contributed by atoms with Crippen molar-refractivity contribution < 1.29 is 19.1 Å². The van der Waals surface area contributed by atoms with Crippen LogP contribution in [0.5, 0.6) is 0 Å². The van der Waals surface area contributed by atoms with Crippen LogP contribution in [0.1, 0.15) is 39.4 Å². The number of carbonyl (C=O) groups is 3. The third-order valence-electron chi connectivity index (χ3n) is 3.26. The Bertz CT molecular complexity index is 751. The van der Waals surface area contributed by atoms with Crippen LogP contribution in [0.4, 0.5) is 5.69 Å². The number of nitrogens with one attached hydrogen (secondary N) is 1. The molecule has 1 atom stereocenters. The smallest absolute Gasteiger partial charge is 0.349 e. The molecule has 0 aliphatic carbocycles. The van der Waals surface area contributed by atoms with Crippen LogP contribution in [0.2, 0.25) is 0 Å². The number of ether oxygens (including phenoxy) is 1. The summed E-state index contributed by atoms with van der Waals surface area (Å²) in [5.74, 6) is -1.17. The van der Waals surface area contributed by atoms with Gasteiger partial charge in [-0.05, 0) is 49.9 Å². The minimum atomic E-state index is -0.969. The number of Topliss-reactive ketones (excluding diaryl/α,β-unsaturated/α-hetero) is 1. The van der Waals surface area contributed by atoms with E-state index in [1.165, 1.54) is 25.2 Å². The summed E-state index contributed by atoms with van der Waals surface area (Å²) in [4.78, 5) is 36.2. The molecule has 6 heteroatoms. The lowest BCUT2D eigenvalue weighted by Gasteiger charge is -2.14. The quantitative estimate of drug-likeness (QED) is 0.673. The first kappa shape index (κ1) is 16.9. The first-order chi connectivity index (χ1) is 10.9. The summed E-state index contributed by atoms with van der Waals surface area (Å²) in [7, 11) is 0. The van der Waals surface area contributed by atoms with Crippen LogP contribution in [0.15, 0.2) is 35.7 Å². The van der Waals surface area contributed by atoms with Gasteiger partial charge < -0.3 is 10.1 Å². The van der Waals surface area contributed by atoms with Gasteiger partial charge in [0.2, 0.25) is 0 Å². The zero-order chi connectivity index (χ0) is 17.0. The third kappa shape index (κ3) is 4.04. The van der Waals surface area contributed by atoms with Crippen LogP contribution < -0.4 is 5.32 Å². The maximum atomic E-state index is 12.2. The Kier molecular flexibility index (Phi) is 5.28. The number of thiophene rings is 1. The van der Waals surface area contributed by atoms with E-state index in [2.05, 4.69) is 5.32 Å². The number of carbonyl (C=O) groups excluding carboxylic acids is 3. The van der Waals surface area contributed by atoms with Gasteiger partial charge in [-0.2, -0.15) is 0 Å². The van der Waals surface area contributed by atoms with E-state index < -0.39 is 18.0 Å². The Labute approximate surface area is 138 Å². The molecule has 5 nitrogen and oxygen atoms in total. The zero-order valence-corrected chi connectivity index (χ0v) is 13.9. The number of esters is 1. The standard InChI is InChI=1S/C17H17NO4S/c1-10-8-9-23-15(10)17(21)22-12(3)16(20)18-14-7-5-4-6-13(14)11(2)19/h4-9,12H,1-3H3,(H,18,20)/t12-/m0/s1. The molecule has 2 aromatic rings. The van der Waals surface area contributed by atoms with E-state index in [1.807, 2.05) is 6.07 Å². The van der Waals surface area contributed by atoms with Crippen molar-refractivity contribution in [2.75, 3.05) is 5.32 Å². The van der Waals surface area contributed by atoms with Crippen molar-refractivity contribution in [1.29, 1.82) is 0 Å². The van der Waals surface area contributed by atoms with Crippen molar-refractivity contribution in [3.8, 4) is 0 Å². The zero-order valence-electron chi connectivity index (χ0n) is 13.1. The molecule has 1 aromatic carbocycles. The summed E-state index contributed by atoms with van der Waals surface area (Å²) in [6.45, 7) is 4.72. The van der Waals surface area contributed by atoms with Gasteiger partial charge in [-0.1, -0.05) is 12.1 Å². The Morgan fingerprint density at radius 1 is 1.17 bits per heavy atom. The fourth-order valence-corrected chi connectivity index (χ4v) is 2.79. The van der Waals surface area contributed by atoms with Crippen LogP contribution in [0, 0.1) is 6.92 Å². The van der Waals surface area contributed by atoms with E-state index in [0.717, 1.165) is 5.56 Å². The average molecular weight is 331 g/mol. The fraction of sp³-hybridized carbons (Fsp3) is 0.235. The van der Waals surface area contributed by atoms with E-state index in [1.54, 1.807) is 36.6 Å². The van der Waals surface area contributed by atoms with Gasteiger partial charge in [0.25, 0.3) is 5.91 Å². The SMILES string of the molecule is CC(=O)c1ccccc1NC(=O)[C@H](C)OC(=O)c1sccc1C. The molecule has 1 amide bonds. The van der Waals surface area contributed by atoms with Gasteiger partial charge >= 0.3 is 5.97 Å². The summed E-state index contributed by atoms with van der Waals surface area (Å²) in [6, 6.07) is 8.51. The second-order valence-electron chi connectivity index (χ2n) is 5.07. The Balaban J connectivity index is 2.05. The predicted molar refractivity (Wildman–Crippen MR) is 89.0 cm³/mol. The van der Waals surface area contributed by atoms with Gasteiger partial charge in [-0.3, -0.25) is 9.59 Å². The third-order valence-corrected chi connectivity index (χ3v) is 4.26. The van der Waals surface area contributed by atoms with E-state index in [4.69, 9.17) is 4.74 Å². The lowest BCUT2D eigenvalue weighted by molar-refractivity contribution is -0.123. The predicted octanol–water partition coefficient (Wildman–Crippen LogP) is 3.44. The molecule has 0 fully saturated rings. The van der Waals surface area contributed by atoms with E-state index in [9.17, 15) is 14.4 Å². The number of rotatable bonds is 5. The van der Waals surface area contributed by atoms with Gasteiger partial charge in [0, 0.05) is 5.56 Å². The number of hydrogen-bond donors (Lipinski definition) is 1. The fourth-order valence-electron chi connectivity index (χ4n) is 1.98. The summed E-state index contributed by atoms with van der Waals surface area (Å²) >= 11 is 1.27. The lowest BCUT2D eigenvalue weighted by atomic mass is 10.1. The molecular formula is C17H17NO4S.